The minimum atomic E-state index is -0.832. The molecule has 0 aromatic heterocycles. The van der Waals surface area contributed by atoms with Crippen molar-refractivity contribution >= 4 is 46.2 Å². The summed E-state index contributed by atoms with van der Waals surface area (Å²) in [6.45, 7) is 1.37. The molecule has 0 spiro atoms. The molecule has 1 aliphatic heterocycles. The summed E-state index contributed by atoms with van der Waals surface area (Å²) in [6, 6.07) is 13.9. The number of hydrogen-bond donors (Lipinski definition) is 2. The van der Waals surface area contributed by atoms with Crippen LogP contribution in [0.3, 0.4) is 0 Å². The Morgan fingerprint density at radius 1 is 1.23 bits per heavy atom. The third kappa shape index (κ3) is 5.33. The van der Waals surface area contributed by atoms with E-state index in [-0.39, 0.29) is 22.7 Å². The van der Waals surface area contributed by atoms with Crippen LogP contribution in [-0.2, 0) is 16.0 Å². The molecule has 30 heavy (non-hydrogen) atoms. The monoisotopic (exact) mass is 444 g/mol. The van der Waals surface area contributed by atoms with E-state index in [1.165, 1.54) is 17.0 Å². The van der Waals surface area contributed by atoms with Crippen molar-refractivity contribution in [2.75, 3.05) is 6.61 Å². The highest BCUT2D eigenvalue weighted by molar-refractivity contribution is 8.26. The lowest BCUT2D eigenvalue weighted by Gasteiger charge is -2.25. The van der Waals surface area contributed by atoms with Crippen molar-refractivity contribution in [2.45, 2.75) is 25.4 Å². The molecule has 0 radical (unpaired) electrons. The quantitative estimate of drug-likeness (QED) is 0.507. The molecule has 1 saturated heterocycles. The van der Waals surface area contributed by atoms with Crippen molar-refractivity contribution in [1.82, 2.24) is 10.2 Å². The number of aliphatic hydroxyl groups excluding tert-OH is 1. The van der Waals surface area contributed by atoms with Gasteiger partial charge < -0.3 is 10.4 Å². The molecule has 5 nitrogen and oxygen atoms in total. The van der Waals surface area contributed by atoms with Crippen LogP contribution in [0.1, 0.15) is 18.1 Å². The first-order valence-corrected chi connectivity index (χ1v) is 10.6. The maximum Gasteiger partial charge on any atom is 0.266 e. The van der Waals surface area contributed by atoms with E-state index < -0.39 is 18.0 Å². The van der Waals surface area contributed by atoms with Crippen LogP contribution < -0.4 is 5.32 Å². The molecule has 1 aliphatic rings. The van der Waals surface area contributed by atoms with Gasteiger partial charge in [0.25, 0.3) is 5.91 Å². The number of halogens is 1. The van der Waals surface area contributed by atoms with Crippen molar-refractivity contribution in [3.8, 4) is 0 Å². The van der Waals surface area contributed by atoms with Crippen molar-refractivity contribution in [3.63, 3.8) is 0 Å². The van der Waals surface area contributed by atoms with E-state index in [9.17, 15) is 19.1 Å². The Labute approximate surface area is 184 Å². The largest absolute Gasteiger partial charge is 0.394 e. The van der Waals surface area contributed by atoms with Crippen LogP contribution in [-0.4, -0.2) is 44.8 Å². The summed E-state index contributed by atoms with van der Waals surface area (Å²) in [5.74, 6) is -1.14. The van der Waals surface area contributed by atoms with Crippen molar-refractivity contribution in [2.24, 2.45) is 0 Å². The van der Waals surface area contributed by atoms with Crippen LogP contribution in [0.5, 0.6) is 0 Å². The molecule has 0 aliphatic carbocycles. The first kappa shape index (κ1) is 22.1. The number of hydrogen-bond acceptors (Lipinski definition) is 5. The van der Waals surface area contributed by atoms with E-state index in [1.54, 1.807) is 25.1 Å². The highest BCUT2D eigenvalue weighted by atomic mass is 32.2. The average molecular weight is 445 g/mol. The molecule has 2 atom stereocenters. The second kappa shape index (κ2) is 9.97. The number of nitrogens with one attached hydrogen (secondary N) is 1. The van der Waals surface area contributed by atoms with Crippen LogP contribution in [0.15, 0.2) is 59.5 Å². The molecule has 0 bridgehead atoms. The van der Waals surface area contributed by atoms with Gasteiger partial charge in [-0.15, -0.1) is 0 Å². The summed E-state index contributed by atoms with van der Waals surface area (Å²) in [4.78, 5) is 27.2. The number of aliphatic hydroxyl groups is 1. The smallest absolute Gasteiger partial charge is 0.266 e. The van der Waals surface area contributed by atoms with E-state index >= 15 is 0 Å². The van der Waals surface area contributed by atoms with E-state index in [4.69, 9.17) is 12.2 Å². The predicted molar refractivity (Wildman–Crippen MR) is 120 cm³/mol. The lowest BCUT2D eigenvalue weighted by atomic mass is 10.1. The Hall–Kier alpha value is -2.55. The topological polar surface area (TPSA) is 69.6 Å². The molecule has 2 aromatic rings. The Morgan fingerprint density at radius 2 is 1.90 bits per heavy atom. The molecular formula is C22H21FN2O3S2. The molecule has 2 N–H and O–H groups in total. The second-order valence-electron chi connectivity index (χ2n) is 6.86. The molecule has 8 heteroatoms. The fourth-order valence-corrected chi connectivity index (χ4v) is 4.44. The van der Waals surface area contributed by atoms with Gasteiger partial charge in [0.2, 0.25) is 5.91 Å². The Morgan fingerprint density at radius 3 is 2.53 bits per heavy atom. The number of carbonyl (C=O) groups is 2. The van der Waals surface area contributed by atoms with Gasteiger partial charge in [0.05, 0.1) is 17.6 Å². The van der Waals surface area contributed by atoms with Gasteiger partial charge in [-0.1, -0.05) is 66.4 Å². The zero-order chi connectivity index (χ0) is 21.7. The lowest BCUT2D eigenvalue weighted by Crippen LogP contribution is -2.51. The summed E-state index contributed by atoms with van der Waals surface area (Å²) in [7, 11) is 0. The number of carbonyl (C=O) groups excluding carboxylic acids is 2. The maximum absolute atomic E-state index is 13.1. The molecule has 1 fully saturated rings. The number of rotatable bonds is 7. The van der Waals surface area contributed by atoms with Crippen LogP contribution in [0, 0.1) is 5.82 Å². The number of thiocarbonyl (C=S) groups is 1. The van der Waals surface area contributed by atoms with Crippen LogP contribution in [0.25, 0.3) is 6.08 Å². The van der Waals surface area contributed by atoms with Crippen molar-refractivity contribution < 1.29 is 19.1 Å². The molecule has 2 amide bonds. The summed E-state index contributed by atoms with van der Waals surface area (Å²) in [5, 5.41) is 12.4. The Balaban J connectivity index is 1.68. The van der Waals surface area contributed by atoms with Crippen molar-refractivity contribution in [3.05, 3.63) is 76.4 Å². The molecule has 0 saturated carbocycles. The van der Waals surface area contributed by atoms with E-state index in [0.717, 1.165) is 17.3 Å². The van der Waals surface area contributed by atoms with E-state index in [0.29, 0.717) is 16.9 Å². The summed E-state index contributed by atoms with van der Waals surface area (Å²) < 4.78 is 13.4. The Bertz CT molecular complexity index is 964. The van der Waals surface area contributed by atoms with Gasteiger partial charge in [0.1, 0.15) is 16.2 Å². The number of benzene rings is 2. The first-order chi connectivity index (χ1) is 14.4. The third-order valence-corrected chi connectivity index (χ3v) is 5.98. The fourth-order valence-electron chi connectivity index (χ4n) is 3.02. The molecule has 3 rings (SSSR count). The van der Waals surface area contributed by atoms with E-state index in [1.807, 2.05) is 30.3 Å². The minimum absolute atomic E-state index is 0.226. The average Bonchev–Trinajstić information content (AvgIpc) is 3.02. The number of amides is 2. The number of nitrogens with zero attached hydrogens (tertiary/aromatic N) is 1. The third-order valence-electron chi connectivity index (χ3n) is 4.65. The highest BCUT2D eigenvalue weighted by Gasteiger charge is 2.38. The van der Waals surface area contributed by atoms with Crippen LogP contribution >= 0.6 is 24.0 Å². The van der Waals surface area contributed by atoms with Gasteiger partial charge >= 0.3 is 0 Å². The second-order valence-corrected chi connectivity index (χ2v) is 8.53. The van der Waals surface area contributed by atoms with Crippen LogP contribution in [0.2, 0.25) is 0 Å². The Kier molecular flexibility index (Phi) is 7.36. The summed E-state index contributed by atoms with van der Waals surface area (Å²) in [6.07, 6.45) is 2.09. The first-order valence-electron chi connectivity index (χ1n) is 9.37. The SMILES string of the molecule is C[C@@H](C(=O)N[C@@H](CO)Cc1ccccc1)N1C(=O)/C(=C/c2ccc(F)cc2)SC1=S. The van der Waals surface area contributed by atoms with Gasteiger partial charge in [0.15, 0.2) is 0 Å². The molecule has 2 aromatic carbocycles. The minimum Gasteiger partial charge on any atom is -0.394 e. The number of thioether (sulfide) groups is 1. The molecule has 0 unspecified atom stereocenters. The van der Waals surface area contributed by atoms with E-state index in [2.05, 4.69) is 5.32 Å². The van der Waals surface area contributed by atoms with Crippen LogP contribution in [0.4, 0.5) is 4.39 Å². The van der Waals surface area contributed by atoms with Gasteiger partial charge in [0, 0.05) is 0 Å². The maximum atomic E-state index is 13.1. The standard InChI is InChI=1S/C22H21FN2O3S2/c1-14(20(27)24-18(13-26)11-15-5-3-2-4-6-15)25-21(28)19(30-22(25)29)12-16-7-9-17(23)10-8-16/h2-10,12,14,18,26H,11,13H2,1H3,(H,24,27)/b19-12-/t14-,18+/m0/s1. The zero-order valence-electron chi connectivity index (χ0n) is 16.2. The van der Waals surface area contributed by atoms with Gasteiger partial charge in [-0.25, -0.2) is 4.39 Å². The molecule has 1 heterocycles. The predicted octanol–water partition coefficient (Wildman–Crippen LogP) is 3.14. The van der Waals surface area contributed by atoms with Gasteiger partial charge in [-0.3, -0.25) is 14.5 Å². The summed E-state index contributed by atoms with van der Waals surface area (Å²) >= 11 is 6.41. The molecular weight excluding hydrogens is 423 g/mol. The highest BCUT2D eigenvalue weighted by Crippen LogP contribution is 2.34. The van der Waals surface area contributed by atoms with Gasteiger partial charge in [-0.2, -0.15) is 0 Å². The van der Waals surface area contributed by atoms with Gasteiger partial charge in [-0.05, 0) is 42.7 Å². The fraction of sp³-hybridized carbons (Fsp3) is 0.227. The summed E-state index contributed by atoms with van der Waals surface area (Å²) in [5.41, 5.74) is 1.65. The lowest BCUT2D eigenvalue weighted by molar-refractivity contribution is -0.132. The normalized spacial score (nSPS) is 17.3. The van der Waals surface area contributed by atoms with Crippen molar-refractivity contribution in [1.29, 1.82) is 0 Å². The zero-order valence-corrected chi connectivity index (χ0v) is 17.9. The molecule has 156 valence electrons.